The fourth-order valence-corrected chi connectivity index (χ4v) is 3.97. The first kappa shape index (κ1) is 27.1. The van der Waals surface area contributed by atoms with Gasteiger partial charge in [0.15, 0.2) is 11.6 Å². The molecule has 0 saturated carbocycles. The van der Waals surface area contributed by atoms with E-state index in [9.17, 15) is 9.18 Å². The van der Waals surface area contributed by atoms with Crippen molar-refractivity contribution < 1.29 is 23.1 Å². The Kier molecular flexibility index (Phi) is 8.22. The second kappa shape index (κ2) is 10.0. The first-order valence-electron chi connectivity index (χ1n) is 10.8. The second-order valence-corrected chi connectivity index (χ2v) is 16.1. The topological polar surface area (TPSA) is 69.7 Å². The number of rotatable bonds is 6. The van der Waals surface area contributed by atoms with Crippen LogP contribution >= 0.6 is 15.9 Å². The van der Waals surface area contributed by atoms with Gasteiger partial charge in [0.2, 0.25) is 8.32 Å². The molecule has 1 N–H and O–H groups in total. The van der Waals surface area contributed by atoms with Gasteiger partial charge in [-0.05, 0) is 86.0 Å². The number of nitrogens with zero attached hydrogens (tertiary/aromatic N) is 1. The van der Waals surface area contributed by atoms with Gasteiger partial charge < -0.3 is 13.9 Å². The van der Waals surface area contributed by atoms with Crippen molar-refractivity contribution >= 4 is 36.2 Å². The van der Waals surface area contributed by atoms with Gasteiger partial charge in [-0.3, -0.25) is 5.32 Å². The molecule has 0 unspecified atom stereocenters. The van der Waals surface area contributed by atoms with Crippen LogP contribution in [0.1, 0.15) is 60.1 Å². The lowest BCUT2D eigenvalue weighted by Crippen LogP contribution is -2.44. The summed E-state index contributed by atoms with van der Waals surface area (Å²) < 4.78 is 32.8. The fourth-order valence-electron chi connectivity index (χ4n) is 2.62. The molecule has 0 bridgehead atoms. The van der Waals surface area contributed by atoms with E-state index in [0.717, 1.165) is 0 Å². The molecule has 2 rings (SSSR count). The van der Waals surface area contributed by atoms with Crippen LogP contribution in [0.15, 0.2) is 34.9 Å². The average Bonchev–Trinajstić information content (AvgIpc) is 2.62. The van der Waals surface area contributed by atoms with Gasteiger partial charge in [0.05, 0.1) is 0 Å². The Morgan fingerprint density at radius 2 is 1.76 bits per heavy atom. The predicted octanol–water partition coefficient (Wildman–Crippen LogP) is 7.85. The van der Waals surface area contributed by atoms with Crippen molar-refractivity contribution in [3.63, 3.8) is 0 Å². The van der Waals surface area contributed by atoms with Crippen molar-refractivity contribution in [2.45, 2.75) is 78.3 Å². The van der Waals surface area contributed by atoms with Crippen LogP contribution in [0.4, 0.5) is 15.0 Å². The number of amides is 1. The molecule has 33 heavy (non-hydrogen) atoms. The highest BCUT2D eigenvalue weighted by Crippen LogP contribution is 2.40. The van der Waals surface area contributed by atoms with E-state index in [-0.39, 0.29) is 16.7 Å². The minimum Gasteiger partial charge on any atom is -0.543 e. The molecule has 0 aliphatic heterocycles. The molecule has 182 valence electrons. The number of carbonyl (C=O) groups is 1. The zero-order chi connectivity index (χ0) is 25.2. The minimum atomic E-state index is -2.17. The molecule has 0 aliphatic carbocycles. The van der Waals surface area contributed by atoms with E-state index in [1.54, 1.807) is 46.0 Å². The van der Waals surface area contributed by atoms with Gasteiger partial charge in [-0.15, -0.1) is 0 Å². The normalized spacial score (nSPS) is 13.3. The summed E-state index contributed by atoms with van der Waals surface area (Å²) in [5, 5.41) is 2.59. The molecule has 0 fully saturated rings. The van der Waals surface area contributed by atoms with E-state index in [1.807, 2.05) is 0 Å². The number of hydrogen-bond acceptors (Lipinski definition) is 5. The van der Waals surface area contributed by atoms with Crippen molar-refractivity contribution in [3.05, 3.63) is 46.3 Å². The van der Waals surface area contributed by atoms with Gasteiger partial charge in [0.25, 0.3) is 0 Å². The van der Waals surface area contributed by atoms with E-state index in [0.29, 0.717) is 21.5 Å². The third kappa shape index (κ3) is 7.70. The van der Waals surface area contributed by atoms with Crippen molar-refractivity contribution in [1.29, 1.82) is 0 Å². The Bertz CT molecular complexity index is 1000. The summed E-state index contributed by atoms with van der Waals surface area (Å²) in [5.74, 6) is 0.704. The molecule has 1 atom stereocenters. The first-order valence-corrected chi connectivity index (χ1v) is 14.5. The van der Waals surface area contributed by atoms with E-state index in [1.165, 1.54) is 12.1 Å². The summed E-state index contributed by atoms with van der Waals surface area (Å²) in [6, 6.07) is 6.13. The van der Waals surface area contributed by atoms with Crippen LogP contribution in [0.25, 0.3) is 0 Å². The summed E-state index contributed by atoms with van der Waals surface area (Å²) in [4.78, 5) is 16.5. The maximum atomic E-state index is 14.2. The van der Waals surface area contributed by atoms with Gasteiger partial charge in [0, 0.05) is 16.2 Å². The lowest BCUT2D eigenvalue weighted by Gasteiger charge is -2.37. The van der Waals surface area contributed by atoms with E-state index in [4.69, 9.17) is 13.9 Å². The first-order chi connectivity index (χ1) is 15.0. The van der Waals surface area contributed by atoms with E-state index < -0.39 is 26.1 Å². The predicted molar refractivity (Wildman–Crippen MR) is 135 cm³/mol. The molecule has 0 saturated heterocycles. The lowest BCUT2D eigenvalue weighted by atomic mass is 10.1. The van der Waals surface area contributed by atoms with Crippen LogP contribution < -0.4 is 14.5 Å². The highest BCUT2D eigenvalue weighted by Gasteiger charge is 2.39. The standard InChI is InChI=1S/C24H34BrFN2O4Si/c1-15(18-13-17(26)10-11-19(18)32-33(8,9)24(5,6)7)30-20-12-16(25)14-27-21(20)28-22(29)31-23(2,3)4/h10-15H,1-9H3,(H,27,28,29)/t15-/m1/s1. The Balaban J connectivity index is 2.35. The Labute approximate surface area is 205 Å². The Morgan fingerprint density at radius 1 is 1.12 bits per heavy atom. The van der Waals surface area contributed by atoms with Crippen LogP contribution in [0, 0.1) is 5.82 Å². The molecule has 0 spiro atoms. The number of anilines is 1. The van der Waals surface area contributed by atoms with Gasteiger partial charge in [-0.1, -0.05) is 20.8 Å². The van der Waals surface area contributed by atoms with E-state index >= 15 is 0 Å². The zero-order valence-electron chi connectivity index (χ0n) is 20.8. The molecule has 6 nitrogen and oxygen atoms in total. The molecule has 1 aromatic heterocycles. The highest BCUT2D eigenvalue weighted by molar-refractivity contribution is 9.10. The van der Waals surface area contributed by atoms with Gasteiger partial charge in [0.1, 0.15) is 23.3 Å². The number of pyridine rings is 1. The van der Waals surface area contributed by atoms with Crippen LogP contribution in [0.2, 0.25) is 18.1 Å². The van der Waals surface area contributed by atoms with Crippen LogP contribution in [-0.2, 0) is 4.74 Å². The van der Waals surface area contributed by atoms with Crippen LogP contribution in [-0.4, -0.2) is 25.0 Å². The van der Waals surface area contributed by atoms with Crippen molar-refractivity contribution in [2.24, 2.45) is 0 Å². The molecular formula is C24H34BrFN2O4Si. The minimum absolute atomic E-state index is 0.0263. The monoisotopic (exact) mass is 540 g/mol. The summed E-state index contributed by atoms with van der Waals surface area (Å²) in [6.45, 7) is 17.8. The maximum absolute atomic E-state index is 14.2. The lowest BCUT2D eigenvalue weighted by molar-refractivity contribution is 0.0634. The number of halogens is 2. The van der Waals surface area contributed by atoms with Gasteiger partial charge in [-0.2, -0.15) is 0 Å². The summed E-state index contributed by atoms with van der Waals surface area (Å²) in [5.41, 5.74) is -0.0892. The van der Waals surface area contributed by atoms with Gasteiger partial charge >= 0.3 is 6.09 Å². The SMILES string of the molecule is C[C@@H](Oc1cc(Br)cnc1NC(=O)OC(C)(C)C)c1cc(F)ccc1O[Si](C)(C)C(C)(C)C. The molecule has 9 heteroatoms. The third-order valence-corrected chi connectivity index (χ3v) is 10.1. The Hall–Kier alpha value is -2.13. The summed E-state index contributed by atoms with van der Waals surface area (Å²) in [6.07, 6.45) is 0.302. The largest absolute Gasteiger partial charge is 0.543 e. The number of ether oxygens (including phenoxy) is 2. The zero-order valence-corrected chi connectivity index (χ0v) is 23.4. The smallest absolute Gasteiger partial charge is 0.413 e. The number of carbonyl (C=O) groups excluding carboxylic acids is 1. The molecule has 0 aliphatic rings. The third-order valence-electron chi connectivity index (χ3n) is 5.32. The molecule has 1 heterocycles. The quantitative estimate of drug-likeness (QED) is 0.377. The average molecular weight is 542 g/mol. The fraction of sp³-hybridized carbons (Fsp3) is 0.500. The molecular weight excluding hydrogens is 507 g/mol. The van der Waals surface area contributed by atoms with Crippen LogP contribution in [0.3, 0.4) is 0 Å². The Morgan fingerprint density at radius 3 is 2.33 bits per heavy atom. The maximum Gasteiger partial charge on any atom is 0.413 e. The summed E-state index contributed by atoms with van der Waals surface area (Å²) in [7, 11) is -2.17. The van der Waals surface area contributed by atoms with Crippen molar-refractivity contribution in [3.8, 4) is 11.5 Å². The van der Waals surface area contributed by atoms with Crippen LogP contribution in [0.5, 0.6) is 11.5 Å². The second-order valence-electron chi connectivity index (χ2n) is 10.4. The molecule has 1 aromatic carbocycles. The number of aromatic nitrogens is 1. The number of hydrogen-bond donors (Lipinski definition) is 1. The number of nitrogens with one attached hydrogen (secondary N) is 1. The van der Waals surface area contributed by atoms with Gasteiger partial charge in [-0.25, -0.2) is 14.2 Å². The molecule has 2 aromatic rings. The summed E-state index contributed by atoms with van der Waals surface area (Å²) >= 11 is 3.38. The molecule has 0 radical (unpaired) electrons. The number of benzene rings is 1. The van der Waals surface area contributed by atoms with Crippen molar-refractivity contribution in [2.75, 3.05) is 5.32 Å². The molecule has 1 amide bonds. The highest BCUT2D eigenvalue weighted by atomic mass is 79.9. The van der Waals surface area contributed by atoms with Crippen molar-refractivity contribution in [1.82, 2.24) is 4.98 Å². The van der Waals surface area contributed by atoms with E-state index in [2.05, 4.69) is 60.1 Å².